The van der Waals surface area contributed by atoms with Gasteiger partial charge in [0.25, 0.3) is 0 Å². The quantitative estimate of drug-likeness (QED) is 0.892. The van der Waals surface area contributed by atoms with Gasteiger partial charge in [-0.05, 0) is 18.2 Å². The molecule has 20 heavy (non-hydrogen) atoms. The maximum atomic E-state index is 11.7. The number of nitrogens with one attached hydrogen (secondary N) is 1. The number of rotatable bonds is 3. The highest BCUT2D eigenvalue weighted by Crippen LogP contribution is 2.30. The van der Waals surface area contributed by atoms with Gasteiger partial charge in [-0.15, -0.1) is 0 Å². The summed E-state index contributed by atoms with van der Waals surface area (Å²) in [6, 6.07) is 8.78. The molecule has 0 saturated carbocycles. The van der Waals surface area contributed by atoms with Crippen LogP contribution in [0.4, 0.5) is 11.4 Å². The van der Waals surface area contributed by atoms with Gasteiger partial charge in [0, 0.05) is 0 Å². The molecule has 0 radical (unpaired) electrons. The summed E-state index contributed by atoms with van der Waals surface area (Å²) < 4.78 is 5.22. The summed E-state index contributed by atoms with van der Waals surface area (Å²) >= 11 is 0. The highest BCUT2D eigenvalue weighted by molar-refractivity contribution is 6.01. The maximum Gasteiger partial charge on any atom is 0.339 e. The molecule has 0 fully saturated rings. The van der Waals surface area contributed by atoms with Crippen molar-refractivity contribution in [2.45, 2.75) is 6.54 Å². The van der Waals surface area contributed by atoms with Crippen LogP contribution in [0.2, 0.25) is 0 Å². The van der Waals surface area contributed by atoms with E-state index in [1.54, 1.807) is 11.0 Å². The van der Waals surface area contributed by atoms with Gasteiger partial charge in [0.05, 0.1) is 30.7 Å². The van der Waals surface area contributed by atoms with Crippen LogP contribution < -0.4 is 10.2 Å². The number of carboxylic acids is 1. The Bertz CT molecular complexity index is 677. The molecule has 1 amide bonds. The summed E-state index contributed by atoms with van der Waals surface area (Å²) in [5, 5.41) is 11.9. The fourth-order valence-electron chi connectivity index (χ4n) is 2.27. The number of benzene rings is 1. The number of anilines is 2. The molecule has 0 bridgehead atoms. The number of hydrogen-bond donors (Lipinski definition) is 2. The predicted octanol–water partition coefficient (Wildman–Crippen LogP) is 1.94. The molecule has 0 unspecified atom stereocenters. The number of nitrogens with zero attached hydrogens (tertiary/aromatic N) is 1. The molecule has 1 aliphatic heterocycles. The van der Waals surface area contributed by atoms with Gasteiger partial charge in [-0.3, -0.25) is 4.79 Å². The van der Waals surface area contributed by atoms with Crippen LogP contribution in [0.3, 0.4) is 0 Å². The highest BCUT2D eigenvalue weighted by atomic mass is 16.4. The number of furan rings is 1. The molecule has 2 heterocycles. The summed E-state index contributed by atoms with van der Waals surface area (Å²) in [6.07, 6.45) is 1.34. The number of carboxylic acid groups (broad SMARTS) is 1. The molecule has 2 N–H and O–H groups in total. The average Bonchev–Trinajstić information content (AvgIpc) is 2.87. The predicted molar refractivity (Wildman–Crippen MR) is 71.8 cm³/mol. The largest absolute Gasteiger partial charge is 0.478 e. The third kappa shape index (κ3) is 2.11. The van der Waals surface area contributed by atoms with Crippen molar-refractivity contribution in [1.82, 2.24) is 0 Å². The van der Waals surface area contributed by atoms with Gasteiger partial charge in [0.1, 0.15) is 11.3 Å². The monoisotopic (exact) mass is 272 g/mol. The Hall–Kier alpha value is -2.76. The molecule has 6 nitrogen and oxygen atoms in total. The Balaban J connectivity index is 1.93. The molecule has 6 heteroatoms. The van der Waals surface area contributed by atoms with E-state index in [2.05, 4.69) is 5.32 Å². The van der Waals surface area contributed by atoms with E-state index in [1.165, 1.54) is 12.3 Å². The number of carbonyl (C=O) groups excluding carboxylic acids is 1. The van der Waals surface area contributed by atoms with E-state index in [0.29, 0.717) is 11.4 Å². The van der Waals surface area contributed by atoms with E-state index in [1.807, 2.05) is 18.2 Å². The van der Waals surface area contributed by atoms with Crippen LogP contribution in [0, 0.1) is 0 Å². The van der Waals surface area contributed by atoms with Crippen LogP contribution in [0.1, 0.15) is 16.1 Å². The second kappa shape index (κ2) is 4.73. The third-order valence-corrected chi connectivity index (χ3v) is 3.16. The molecular weight excluding hydrogens is 260 g/mol. The van der Waals surface area contributed by atoms with Crippen LogP contribution in [-0.4, -0.2) is 23.5 Å². The fourth-order valence-corrected chi connectivity index (χ4v) is 2.27. The fraction of sp³-hybridized carbons (Fsp3) is 0.143. The molecule has 1 aliphatic rings. The van der Waals surface area contributed by atoms with Crippen LogP contribution in [-0.2, 0) is 11.3 Å². The topological polar surface area (TPSA) is 82.8 Å². The SMILES string of the molecule is O=C1CN(Cc2occc2C(=O)O)c2ccccc2N1. The van der Waals surface area contributed by atoms with Gasteiger partial charge in [-0.25, -0.2) is 4.79 Å². The van der Waals surface area contributed by atoms with Gasteiger partial charge in [-0.2, -0.15) is 0 Å². The zero-order valence-electron chi connectivity index (χ0n) is 10.5. The minimum absolute atomic E-state index is 0.119. The minimum Gasteiger partial charge on any atom is -0.478 e. The second-order valence-electron chi connectivity index (χ2n) is 4.48. The second-order valence-corrected chi connectivity index (χ2v) is 4.48. The van der Waals surface area contributed by atoms with E-state index in [9.17, 15) is 9.59 Å². The van der Waals surface area contributed by atoms with E-state index >= 15 is 0 Å². The molecule has 3 rings (SSSR count). The lowest BCUT2D eigenvalue weighted by Gasteiger charge is -2.30. The average molecular weight is 272 g/mol. The molecule has 2 aromatic rings. The van der Waals surface area contributed by atoms with E-state index < -0.39 is 5.97 Å². The van der Waals surface area contributed by atoms with E-state index in [-0.39, 0.29) is 24.6 Å². The van der Waals surface area contributed by atoms with Gasteiger partial charge in [-0.1, -0.05) is 12.1 Å². The van der Waals surface area contributed by atoms with Crippen molar-refractivity contribution >= 4 is 23.3 Å². The van der Waals surface area contributed by atoms with Gasteiger partial charge < -0.3 is 19.7 Å². The number of hydrogen-bond acceptors (Lipinski definition) is 4. The lowest BCUT2D eigenvalue weighted by atomic mass is 10.1. The number of para-hydroxylation sites is 2. The number of aromatic carboxylic acids is 1. The Morgan fingerprint density at radius 1 is 1.35 bits per heavy atom. The molecule has 0 spiro atoms. The van der Waals surface area contributed by atoms with Crippen LogP contribution in [0.5, 0.6) is 0 Å². The Labute approximate surface area is 114 Å². The van der Waals surface area contributed by atoms with Gasteiger partial charge in [0.2, 0.25) is 5.91 Å². The van der Waals surface area contributed by atoms with Crippen molar-refractivity contribution < 1.29 is 19.1 Å². The Morgan fingerprint density at radius 2 is 2.15 bits per heavy atom. The molecule has 1 aromatic carbocycles. The smallest absolute Gasteiger partial charge is 0.339 e. The van der Waals surface area contributed by atoms with Gasteiger partial charge >= 0.3 is 5.97 Å². The zero-order valence-corrected chi connectivity index (χ0v) is 10.5. The maximum absolute atomic E-state index is 11.7. The van der Waals surface area contributed by atoms with Crippen molar-refractivity contribution in [3.05, 3.63) is 47.9 Å². The molecular formula is C14H12N2O4. The summed E-state index contributed by atoms with van der Waals surface area (Å²) in [6.45, 7) is 0.399. The summed E-state index contributed by atoms with van der Waals surface area (Å²) in [5.41, 5.74) is 1.68. The molecule has 1 aromatic heterocycles. The molecule has 102 valence electrons. The minimum atomic E-state index is -1.04. The van der Waals surface area contributed by atoms with E-state index in [0.717, 1.165) is 5.69 Å². The van der Waals surface area contributed by atoms with Crippen molar-refractivity contribution in [3.8, 4) is 0 Å². The number of amides is 1. The summed E-state index contributed by atoms with van der Waals surface area (Å²) in [4.78, 5) is 24.6. The normalized spacial score (nSPS) is 13.8. The standard InChI is InChI=1S/C14H12N2O4/c17-13-8-16(11-4-2-1-3-10(11)15-13)7-12-9(14(18)19)5-6-20-12/h1-6H,7-8H2,(H,15,17)(H,18,19). The molecule has 0 atom stereocenters. The Morgan fingerprint density at radius 3 is 2.95 bits per heavy atom. The van der Waals surface area contributed by atoms with E-state index in [4.69, 9.17) is 9.52 Å². The summed E-state index contributed by atoms with van der Waals surface area (Å²) in [7, 11) is 0. The molecule has 0 aliphatic carbocycles. The first-order valence-corrected chi connectivity index (χ1v) is 6.08. The van der Waals surface area contributed by atoms with Crippen LogP contribution in [0.15, 0.2) is 41.0 Å². The third-order valence-electron chi connectivity index (χ3n) is 3.16. The molecule has 0 saturated heterocycles. The first-order chi connectivity index (χ1) is 9.65. The van der Waals surface area contributed by atoms with Crippen molar-refractivity contribution in [2.24, 2.45) is 0 Å². The van der Waals surface area contributed by atoms with Crippen molar-refractivity contribution in [3.63, 3.8) is 0 Å². The zero-order chi connectivity index (χ0) is 14.1. The Kier molecular flexibility index (Phi) is 2.90. The lowest BCUT2D eigenvalue weighted by molar-refractivity contribution is -0.115. The lowest BCUT2D eigenvalue weighted by Crippen LogP contribution is -2.37. The van der Waals surface area contributed by atoms with Crippen molar-refractivity contribution in [1.29, 1.82) is 0 Å². The van der Waals surface area contributed by atoms with Crippen LogP contribution in [0.25, 0.3) is 0 Å². The first-order valence-electron chi connectivity index (χ1n) is 6.08. The van der Waals surface area contributed by atoms with Gasteiger partial charge in [0.15, 0.2) is 0 Å². The van der Waals surface area contributed by atoms with Crippen LogP contribution >= 0.6 is 0 Å². The first kappa shape index (κ1) is 12.3. The highest BCUT2D eigenvalue weighted by Gasteiger charge is 2.24. The summed E-state index contributed by atoms with van der Waals surface area (Å²) in [5.74, 6) is -0.836. The van der Waals surface area contributed by atoms with Crippen molar-refractivity contribution in [2.75, 3.05) is 16.8 Å². The number of carbonyl (C=O) groups is 2. The number of fused-ring (bicyclic) bond motifs is 1.